The van der Waals surface area contributed by atoms with Gasteiger partial charge >= 0.3 is 0 Å². The Labute approximate surface area is 146 Å². The molecule has 0 aliphatic carbocycles. The van der Waals surface area contributed by atoms with Crippen LogP contribution in [0.3, 0.4) is 0 Å². The third-order valence-electron chi connectivity index (χ3n) is 4.13. The van der Waals surface area contributed by atoms with Crippen LogP contribution in [-0.4, -0.2) is 10.5 Å². The molecule has 0 aliphatic heterocycles. The number of rotatable bonds is 3. The second-order valence-corrected chi connectivity index (χ2v) is 7.20. The van der Waals surface area contributed by atoms with E-state index in [9.17, 15) is 4.79 Å². The monoisotopic (exact) mass is 338 g/mol. The van der Waals surface area contributed by atoms with E-state index in [2.05, 4.69) is 42.5 Å². The molecule has 1 amide bonds. The summed E-state index contributed by atoms with van der Waals surface area (Å²) in [4.78, 5) is 17.6. The number of aromatic nitrogens is 1. The van der Waals surface area contributed by atoms with E-state index in [1.807, 2.05) is 31.2 Å². The maximum atomic E-state index is 12.4. The minimum absolute atomic E-state index is 0.0954. The van der Waals surface area contributed by atoms with Crippen molar-refractivity contribution in [2.45, 2.75) is 40.7 Å². The smallest absolute Gasteiger partial charge is 0.252 e. The minimum atomic E-state index is -0.0954. The van der Waals surface area contributed by atoms with Crippen molar-refractivity contribution >= 4 is 27.5 Å². The molecule has 0 saturated carbocycles. The zero-order valence-corrected chi connectivity index (χ0v) is 15.4. The summed E-state index contributed by atoms with van der Waals surface area (Å²) in [7, 11) is 0. The Morgan fingerprint density at radius 2 is 1.79 bits per heavy atom. The van der Waals surface area contributed by atoms with E-state index >= 15 is 0 Å². The van der Waals surface area contributed by atoms with Gasteiger partial charge in [0.15, 0.2) is 4.80 Å². The predicted octanol–water partition coefficient (Wildman–Crippen LogP) is 4.32. The lowest BCUT2D eigenvalue weighted by Crippen LogP contribution is -2.16. The van der Waals surface area contributed by atoms with Crippen LogP contribution < -0.4 is 4.80 Å². The fourth-order valence-electron chi connectivity index (χ4n) is 2.93. The van der Waals surface area contributed by atoms with Crippen LogP contribution in [-0.2, 0) is 17.8 Å². The molecule has 0 unspecified atom stereocenters. The number of hydrogen-bond acceptors (Lipinski definition) is 2. The maximum absolute atomic E-state index is 12.4. The summed E-state index contributed by atoms with van der Waals surface area (Å²) in [6.07, 6.45) is 0.344. The van der Waals surface area contributed by atoms with Crippen LogP contribution in [0.4, 0.5) is 0 Å². The summed E-state index contributed by atoms with van der Waals surface area (Å²) in [6, 6.07) is 12.4. The first-order chi connectivity index (χ1) is 11.5. The minimum Gasteiger partial charge on any atom is -0.317 e. The normalized spacial score (nSPS) is 12.1. The fraction of sp³-hybridized carbons (Fsp3) is 0.300. The lowest BCUT2D eigenvalue weighted by atomic mass is 10.1. The van der Waals surface area contributed by atoms with E-state index in [1.54, 1.807) is 11.3 Å². The molecule has 1 heterocycles. The molecular weight excluding hydrogens is 316 g/mol. The van der Waals surface area contributed by atoms with Crippen LogP contribution in [0.5, 0.6) is 0 Å². The highest BCUT2D eigenvalue weighted by Gasteiger charge is 2.10. The Morgan fingerprint density at radius 3 is 2.46 bits per heavy atom. The van der Waals surface area contributed by atoms with Crippen LogP contribution in [0.1, 0.15) is 29.2 Å². The van der Waals surface area contributed by atoms with Crippen LogP contribution >= 0.6 is 11.3 Å². The molecular formula is C20H22N2OS. The van der Waals surface area contributed by atoms with Gasteiger partial charge in [0.05, 0.1) is 16.6 Å². The van der Waals surface area contributed by atoms with E-state index in [-0.39, 0.29) is 5.91 Å². The lowest BCUT2D eigenvalue weighted by Gasteiger charge is -2.03. The highest BCUT2D eigenvalue weighted by Crippen LogP contribution is 2.23. The molecule has 3 nitrogen and oxygen atoms in total. The third kappa shape index (κ3) is 3.34. The molecule has 4 heteroatoms. The molecule has 0 saturated heterocycles. The van der Waals surface area contributed by atoms with Crippen LogP contribution in [0.25, 0.3) is 10.2 Å². The van der Waals surface area contributed by atoms with E-state index in [1.165, 1.54) is 26.9 Å². The summed E-state index contributed by atoms with van der Waals surface area (Å²) < 4.78 is 3.34. The van der Waals surface area contributed by atoms with Crippen molar-refractivity contribution in [3.05, 3.63) is 63.5 Å². The number of nitrogens with zero attached hydrogens (tertiary/aromatic N) is 2. The first-order valence-corrected chi connectivity index (χ1v) is 9.03. The van der Waals surface area contributed by atoms with Crippen molar-refractivity contribution in [2.24, 2.45) is 4.99 Å². The zero-order chi connectivity index (χ0) is 17.3. The SMILES string of the molecule is CCn1c(=NC(=O)Cc2ccc(C)cc2)sc2c(C)cc(C)cc21. The van der Waals surface area contributed by atoms with E-state index in [4.69, 9.17) is 0 Å². The first-order valence-electron chi connectivity index (χ1n) is 8.21. The quantitative estimate of drug-likeness (QED) is 0.700. The average Bonchev–Trinajstić information content (AvgIpc) is 2.87. The van der Waals surface area contributed by atoms with Crippen molar-refractivity contribution in [1.29, 1.82) is 0 Å². The van der Waals surface area contributed by atoms with Crippen molar-refractivity contribution in [3.63, 3.8) is 0 Å². The average molecular weight is 338 g/mol. The number of carbonyl (C=O) groups is 1. The highest BCUT2D eigenvalue weighted by molar-refractivity contribution is 7.16. The molecule has 3 aromatic rings. The standard InChI is InChI=1S/C20H22N2OS/c1-5-22-17-11-14(3)10-15(4)19(17)24-20(22)21-18(23)12-16-8-6-13(2)7-9-16/h6-11H,5,12H2,1-4H3. The summed E-state index contributed by atoms with van der Waals surface area (Å²) in [5.41, 5.74) is 5.84. The van der Waals surface area contributed by atoms with Gasteiger partial charge in [-0.1, -0.05) is 47.2 Å². The zero-order valence-electron chi connectivity index (χ0n) is 14.6. The molecule has 0 atom stereocenters. The number of aryl methyl sites for hydroxylation is 4. The van der Waals surface area contributed by atoms with Crippen molar-refractivity contribution in [2.75, 3.05) is 0 Å². The van der Waals surface area contributed by atoms with Gasteiger partial charge in [-0.2, -0.15) is 4.99 Å². The maximum Gasteiger partial charge on any atom is 0.252 e. The van der Waals surface area contributed by atoms with Crippen molar-refractivity contribution in [1.82, 2.24) is 4.57 Å². The van der Waals surface area contributed by atoms with Gasteiger partial charge in [-0.15, -0.1) is 0 Å². The highest BCUT2D eigenvalue weighted by atomic mass is 32.1. The van der Waals surface area contributed by atoms with Crippen LogP contribution in [0.15, 0.2) is 41.4 Å². The van der Waals surface area contributed by atoms with E-state index < -0.39 is 0 Å². The number of benzene rings is 2. The molecule has 2 aromatic carbocycles. The number of fused-ring (bicyclic) bond motifs is 1. The second-order valence-electron chi connectivity index (χ2n) is 6.23. The second kappa shape index (κ2) is 6.73. The summed E-state index contributed by atoms with van der Waals surface area (Å²) in [5, 5.41) is 0. The Hall–Kier alpha value is -2.20. The topological polar surface area (TPSA) is 34.4 Å². The van der Waals surface area contributed by atoms with Crippen molar-refractivity contribution in [3.8, 4) is 0 Å². The number of thiazole rings is 1. The molecule has 24 heavy (non-hydrogen) atoms. The molecule has 0 spiro atoms. The Morgan fingerprint density at radius 1 is 1.08 bits per heavy atom. The largest absolute Gasteiger partial charge is 0.317 e. The van der Waals surface area contributed by atoms with E-state index in [0.29, 0.717) is 6.42 Å². The fourth-order valence-corrected chi connectivity index (χ4v) is 4.09. The van der Waals surface area contributed by atoms with Gasteiger partial charge in [-0.25, -0.2) is 0 Å². The van der Waals surface area contributed by atoms with Crippen LogP contribution in [0.2, 0.25) is 0 Å². The van der Waals surface area contributed by atoms with Gasteiger partial charge < -0.3 is 4.57 Å². The van der Waals surface area contributed by atoms with Gasteiger partial charge in [0, 0.05) is 6.54 Å². The molecule has 0 radical (unpaired) electrons. The van der Waals surface area contributed by atoms with Gasteiger partial charge in [-0.05, 0) is 50.5 Å². The molecule has 0 N–H and O–H groups in total. The number of carbonyl (C=O) groups excluding carboxylic acids is 1. The Balaban J connectivity index is 2.01. The summed E-state index contributed by atoms with van der Waals surface area (Å²) >= 11 is 1.60. The summed E-state index contributed by atoms with van der Waals surface area (Å²) in [6.45, 7) is 9.15. The third-order valence-corrected chi connectivity index (χ3v) is 5.36. The molecule has 0 aliphatic rings. The molecule has 0 bridgehead atoms. The van der Waals surface area contributed by atoms with Gasteiger partial charge in [0.1, 0.15) is 0 Å². The van der Waals surface area contributed by atoms with Crippen molar-refractivity contribution < 1.29 is 4.79 Å². The predicted molar refractivity (Wildman–Crippen MR) is 100 cm³/mol. The Kier molecular flexibility index (Phi) is 4.67. The van der Waals surface area contributed by atoms with Gasteiger partial charge in [0.25, 0.3) is 5.91 Å². The summed E-state index contributed by atoms with van der Waals surface area (Å²) in [5.74, 6) is -0.0954. The molecule has 0 fully saturated rings. The molecule has 124 valence electrons. The molecule has 1 aromatic heterocycles. The first kappa shape index (κ1) is 16.7. The number of hydrogen-bond donors (Lipinski definition) is 0. The van der Waals surface area contributed by atoms with Crippen LogP contribution in [0, 0.1) is 20.8 Å². The van der Waals surface area contributed by atoms with E-state index in [0.717, 1.165) is 16.9 Å². The van der Waals surface area contributed by atoms with Gasteiger partial charge in [0.2, 0.25) is 0 Å². The molecule has 3 rings (SSSR count). The lowest BCUT2D eigenvalue weighted by molar-refractivity contribution is -0.117. The number of amides is 1. The van der Waals surface area contributed by atoms with Gasteiger partial charge in [-0.3, -0.25) is 4.79 Å². The Bertz CT molecular complexity index is 962.